The maximum atomic E-state index is 11.8. The zero-order valence-electron chi connectivity index (χ0n) is 11.9. The molecule has 2 saturated carbocycles. The third-order valence-electron chi connectivity index (χ3n) is 6.10. The van der Waals surface area contributed by atoms with Gasteiger partial charge in [-0.25, -0.2) is 0 Å². The minimum atomic E-state index is -0.859. The van der Waals surface area contributed by atoms with Crippen molar-refractivity contribution in [1.29, 1.82) is 0 Å². The topological polar surface area (TPSA) is 66.8 Å². The van der Waals surface area contributed by atoms with E-state index in [1.54, 1.807) is 0 Å². The minimum Gasteiger partial charge on any atom is -0.461 e. The number of carbonyl (C=O) groups is 1. The molecule has 108 valence electrons. The molecule has 0 aromatic rings. The lowest BCUT2D eigenvalue weighted by atomic mass is 9.51. The van der Waals surface area contributed by atoms with Gasteiger partial charge in [-0.1, -0.05) is 13.8 Å². The number of hydrogen-bond donors (Lipinski definition) is 2. The van der Waals surface area contributed by atoms with E-state index in [1.807, 2.05) is 20.8 Å². The van der Waals surface area contributed by atoms with Gasteiger partial charge in [0.25, 0.3) is 0 Å². The largest absolute Gasteiger partial charge is 0.461 e. The highest BCUT2D eigenvalue weighted by atomic mass is 16.6. The Bertz CT molecular complexity index is 405. The number of esters is 1. The van der Waals surface area contributed by atoms with E-state index in [4.69, 9.17) is 4.74 Å². The van der Waals surface area contributed by atoms with E-state index in [-0.39, 0.29) is 35.2 Å². The monoisotopic (exact) mass is 268 g/mol. The Balaban J connectivity index is 2.01. The van der Waals surface area contributed by atoms with Crippen molar-refractivity contribution in [2.75, 3.05) is 0 Å². The molecule has 4 nitrogen and oxygen atoms in total. The summed E-state index contributed by atoms with van der Waals surface area (Å²) in [5.41, 5.74) is -1.20. The second kappa shape index (κ2) is 3.95. The first kappa shape index (κ1) is 13.4. The average molecular weight is 268 g/mol. The highest BCUT2D eigenvalue weighted by molar-refractivity contribution is 5.75. The van der Waals surface area contributed by atoms with E-state index in [0.29, 0.717) is 12.8 Å². The zero-order valence-corrected chi connectivity index (χ0v) is 11.9. The highest BCUT2D eigenvalue weighted by Gasteiger charge is 2.63. The fourth-order valence-electron chi connectivity index (χ4n) is 4.88. The zero-order chi connectivity index (χ0) is 14.0. The molecule has 0 radical (unpaired) electrons. The molecule has 0 amide bonds. The standard InChI is InChI=1S/C15H24O4/c1-8-9-4-6-14(2)10(16)5-7-15(3,18)12(14)11(9)19-13(8)17/h8-12,16,18H,4-7H2,1-3H3/t8-,9-,10+,11-,12?,14-,15+/m0/s1. The molecule has 1 heterocycles. The number of aliphatic hydroxyl groups is 2. The highest BCUT2D eigenvalue weighted by Crippen LogP contribution is 2.58. The van der Waals surface area contributed by atoms with Gasteiger partial charge in [-0.2, -0.15) is 0 Å². The molecular formula is C15H24O4. The molecule has 3 rings (SSSR count). The fraction of sp³-hybridized carbons (Fsp3) is 0.933. The van der Waals surface area contributed by atoms with Crippen LogP contribution in [0.15, 0.2) is 0 Å². The molecule has 7 atom stereocenters. The molecule has 3 fully saturated rings. The number of carbonyl (C=O) groups excluding carboxylic acids is 1. The van der Waals surface area contributed by atoms with Crippen LogP contribution in [-0.2, 0) is 9.53 Å². The summed E-state index contributed by atoms with van der Waals surface area (Å²) in [5, 5.41) is 21.2. The van der Waals surface area contributed by atoms with Crippen molar-refractivity contribution in [3.05, 3.63) is 0 Å². The van der Waals surface area contributed by atoms with Crippen LogP contribution in [0.1, 0.15) is 46.5 Å². The van der Waals surface area contributed by atoms with Gasteiger partial charge in [0.1, 0.15) is 6.10 Å². The van der Waals surface area contributed by atoms with Crippen LogP contribution in [0.3, 0.4) is 0 Å². The lowest BCUT2D eigenvalue weighted by molar-refractivity contribution is -0.212. The van der Waals surface area contributed by atoms with Crippen LogP contribution in [0.25, 0.3) is 0 Å². The molecule has 19 heavy (non-hydrogen) atoms. The van der Waals surface area contributed by atoms with E-state index in [9.17, 15) is 15.0 Å². The first-order valence-electron chi connectivity index (χ1n) is 7.38. The Kier molecular flexibility index (Phi) is 2.78. The number of fused-ring (bicyclic) bond motifs is 3. The van der Waals surface area contributed by atoms with Crippen molar-refractivity contribution in [2.24, 2.45) is 23.2 Å². The Morgan fingerprint density at radius 2 is 1.95 bits per heavy atom. The summed E-state index contributed by atoms with van der Waals surface area (Å²) in [6.07, 6.45) is 2.32. The third kappa shape index (κ3) is 1.69. The van der Waals surface area contributed by atoms with Gasteiger partial charge in [-0.3, -0.25) is 4.79 Å². The second-order valence-corrected chi connectivity index (χ2v) is 7.29. The Morgan fingerprint density at radius 1 is 1.26 bits per heavy atom. The normalized spacial score (nSPS) is 57.3. The van der Waals surface area contributed by atoms with Gasteiger partial charge in [-0.15, -0.1) is 0 Å². The summed E-state index contributed by atoms with van der Waals surface area (Å²) in [6, 6.07) is 0. The van der Waals surface area contributed by atoms with E-state index in [1.165, 1.54) is 0 Å². The molecule has 1 unspecified atom stereocenters. The van der Waals surface area contributed by atoms with Crippen molar-refractivity contribution >= 4 is 5.97 Å². The van der Waals surface area contributed by atoms with Crippen molar-refractivity contribution in [2.45, 2.75) is 64.3 Å². The lowest BCUT2D eigenvalue weighted by Gasteiger charge is -2.57. The van der Waals surface area contributed by atoms with Gasteiger partial charge >= 0.3 is 5.97 Å². The Hall–Kier alpha value is -0.610. The number of ether oxygens (including phenoxy) is 1. The van der Waals surface area contributed by atoms with Crippen LogP contribution in [-0.4, -0.2) is 34.0 Å². The van der Waals surface area contributed by atoms with E-state index < -0.39 is 11.7 Å². The van der Waals surface area contributed by atoms with Gasteiger partial charge in [0.05, 0.1) is 17.6 Å². The average Bonchev–Trinajstić information content (AvgIpc) is 2.60. The molecular weight excluding hydrogens is 244 g/mol. The lowest BCUT2D eigenvalue weighted by Crippen LogP contribution is -2.62. The molecule has 1 saturated heterocycles. The van der Waals surface area contributed by atoms with Crippen LogP contribution in [0.4, 0.5) is 0 Å². The summed E-state index contributed by atoms with van der Waals surface area (Å²) >= 11 is 0. The molecule has 2 aliphatic carbocycles. The first-order chi connectivity index (χ1) is 8.77. The number of rotatable bonds is 0. The molecule has 4 heteroatoms. The van der Waals surface area contributed by atoms with Crippen LogP contribution in [0.5, 0.6) is 0 Å². The molecule has 0 bridgehead atoms. The molecule has 1 aliphatic heterocycles. The number of aliphatic hydroxyl groups excluding tert-OH is 1. The Labute approximate surface area is 114 Å². The van der Waals surface area contributed by atoms with Crippen molar-refractivity contribution in [3.63, 3.8) is 0 Å². The van der Waals surface area contributed by atoms with Crippen LogP contribution >= 0.6 is 0 Å². The maximum Gasteiger partial charge on any atom is 0.309 e. The molecule has 2 N–H and O–H groups in total. The van der Waals surface area contributed by atoms with Gasteiger partial charge in [-0.05, 0) is 32.6 Å². The minimum absolute atomic E-state index is 0.0792. The van der Waals surface area contributed by atoms with Crippen molar-refractivity contribution < 1.29 is 19.7 Å². The van der Waals surface area contributed by atoms with E-state index in [0.717, 1.165) is 12.8 Å². The first-order valence-corrected chi connectivity index (χ1v) is 7.38. The van der Waals surface area contributed by atoms with Gasteiger partial charge in [0.2, 0.25) is 0 Å². The van der Waals surface area contributed by atoms with Gasteiger partial charge in [0, 0.05) is 17.3 Å². The summed E-state index contributed by atoms with van der Waals surface area (Å²) in [4.78, 5) is 11.8. The molecule has 3 aliphatic rings. The summed E-state index contributed by atoms with van der Waals surface area (Å²) in [5.74, 6) is -0.182. The van der Waals surface area contributed by atoms with E-state index >= 15 is 0 Å². The van der Waals surface area contributed by atoms with Crippen molar-refractivity contribution in [1.82, 2.24) is 0 Å². The summed E-state index contributed by atoms with van der Waals surface area (Å²) in [7, 11) is 0. The predicted molar refractivity (Wildman–Crippen MR) is 69.2 cm³/mol. The van der Waals surface area contributed by atoms with Gasteiger partial charge in [0.15, 0.2) is 0 Å². The maximum absolute atomic E-state index is 11.8. The van der Waals surface area contributed by atoms with Crippen LogP contribution in [0, 0.1) is 23.2 Å². The molecule has 0 aromatic carbocycles. The summed E-state index contributed by atoms with van der Waals surface area (Å²) in [6.45, 7) is 5.80. The smallest absolute Gasteiger partial charge is 0.309 e. The molecule has 0 spiro atoms. The third-order valence-corrected chi connectivity index (χ3v) is 6.10. The van der Waals surface area contributed by atoms with E-state index in [2.05, 4.69) is 0 Å². The molecule has 0 aromatic heterocycles. The van der Waals surface area contributed by atoms with Gasteiger partial charge < -0.3 is 14.9 Å². The Morgan fingerprint density at radius 3 is 2.63 bits per heavy atom. The van der Waals surface area contributed by atoms with Crippen molar-refractivity contribution in [3.8, 4) is 0 Å². The SMILES string of the molecule is C[C@@H]1C(=O)O[C@@H]2C3[C@](C)(O)CC[C@@H](O)[C@]3(C)CC[C@@H]12. The second-order valence-electron chi connectivity index (χ2n) is 7.29. The predicted octanol–water partition coefficient (Wildman–Crippen LogP) is 1.49. The fourth-order valence-corrected chi connectivity index (χ4v) is 4.88. The quantitative estimate of drug-likeness (QED) is 0.653. The van der Waals surface area contributed by atoms with Crippen LogP contribution < -0.4 is 0 Å². The van der Waals surface area contributed by atoms with Crippen LogP contribution in [0.2, 0.25) is 0 Å². The number of hydrogen-bond acceptors (Lipinski definition) is 4. The summed E-state index contributed by atoms with van der Waals surface area (Å²) < 4.78 is 5.59.